The van der Waals surface area contributed by atoms with E-state index in [0.29, 0.717) is 5.25 Å². The van der Waals surface area contributed by atoms with Gasteiger partial charge in [-0.3, -0.25) is 4.79 Å². The minimum Gasteiger partial charge on any atom is -0.393 e. The highest BCUT2D eigenvalue weighted by Gasteiger charge is 2.14. The van der Waals surface area contributed by atoms with Gasteiger partial charge in [0, 0.05) is 11.8 Å². The Hall–Kier alpha value is -0.290. The molecule has 0 bridgehead atoms. The first-order chi connectivity index (χ1) is 6.68. The summed E-state index contributed by atoms with van der Waals surface area (Å²) in [5, 5.41) is 3.44. The van der Waals surface area contributed by atoms with E-state index in [1.165, 1.54) is 25.0 Å². The van der Waals surface area contributed by atoms with Gasteiger partial charge >= 0.3 is 0 Å². The third-order valence-electron chi connectivity index (χ3n) is 2.14. The summed E-state index contributed by atoms with van der Waals surface area (Å²) in [5.74, 6) is 1.17. The molecule has 1 unspecified atom stereocenters. The van der Waals surface area contributed by atoms with Crippen molar-refractivity contribution in [2.24, 2.45) is 5.73 Å². The molecule has 3 N–H and O–H groups in total. The van der Waals surface area contributed by atoms with Crippen molar-refractivity contribution >= 4 is 34.9 Å². The smallest absolute Gasteiger partial charge is 0.226 e. The van der Waals surface area contributed by atoms with Gasteiger partial charge in [-0.05, 0) is 18.6 Å². The van der Waals surface area contributed by atoms with Gasteiger partial charge in [0.1, 0.15) is 0 Å². The largest absolute Gasteiger partial charge is 0.393 e. The Kier molecular flexibility index (Phi) is 5.25. The van der Waals surface area contributed by atoms with Gasteiger partial charge in [-0.15, -0.1) is 0 Å². The summed E-state index contributed by atoms with van der Waals surface area (Å²) in [6.07, 6.45) is 3.97. The summed E-state index contributed by atoms with van der Waals surface area (Å²) < 4.78 is 0. The fourth-order valence-corrected chi connectivity index (χ4v) is 2.79. The molecule has 0 aliphatic carbocycles. The van der Waals surface area contributed by atoms with Crippen LogP contribution >= 0.6 is 24.0 Å². The van der Waals surface area contributed by atoms with E-state index in [-0.39, 0.29) is 17.3 Å². The summed E-state index contributed by atoms with van der Waals surface area (Å²) in [5.41, 5.74) is 5.27. The Morgan fingerprint density at radius 2 is 2.36 bits per heavy atom. The van der Waals surface area contributed by atoms with Gasteiger partial charge in [-0.1, -0.05) is 18.6 Å². The van der Waals surface area contributed by atoms with Crippen molar-refractivity contribution in [2.75, 3.05) is 12.3 Å². The van der Waals surface area contributed by atoms with Crippen molar-refractivity contribution in [1.82, 2.24) is 5.32 Å². The number of rotatable bonds is 4. The van der Waals surface area contributed by atoms with Crippen molar-refractivity contribution in [3.05, 3.63) is 0 Å². The summed E-state index contributed by atoms with van der Waals surface area (Å²) in [6.45, 7) is 0.756. The minimum atomic E-state index is -0.0522. The van der Waals surface area contributed by atoms with Crippen molar-refractivity contribution < 1.29 is 4.79 Å². The molecule has 0 aromatic carbocycles. The summed E-state index contributed by atoms with van der Waals surface area (Å²) in [7, 11) is 0. The Balaban J connectivity index is 2.12. The Morgan fingerprint density at radius 3 is 2.93 bits per heavy atom. The Labute approximate surface area is 94.2 Å². The van der Waals surface area contributed by atoms with Crippen molar-refractivity contribution in [3.63, 3.8) is 0 Å². The van der Waals surface area contributed by atoms with Gasteiger partial charge < -0.3 is 11.1 Å². The van der Waals surface area contributed by atoms with Crippen LogP contribution in [-0.2, 0) is 4.79 Å². The Bertz CT molecular complexity index is 215. The normalized spacial score (nSPS) is 21.6. The number of hydrogen-bond acceptors (Lipinski definition) is 3. The first-order valence-corrected chi connectivity index (χ1v) is 6.31. The molecule has 0 aromatic heterocycles. The van der Waals surface area contributed by atoms with E-state index >= 15 is 0 Å². The lowest BCUT2D eigenvalue weighted by Gasteiger charge is -2.21. The second-order valence-corrected chi connectivity index (χ2v) is 5.37. The first kappa shape index (κ1) is 11.8. The zero-order chi connectivity index (χ0) is 10.4. The number of hydrogen-bond donors (Lipinski definition) is 2. The molecule has 3 nitrogen and oxygen atoms in total. The van der Waals surface area contributed by atoms with Gasteiger partial charge in [0.2, 0.25) is 5.91 Å². The lowest BCUT2D eigenvalue weighted by Crippen LogP contribution is -2.33. The molecule has 1 fully saturated rings. The molecular formula is C9H16N2OS2. The number of carbonyl (C=O) groups is 1. The summed E-state index contributed by atoms with van der Waals surface area (Å²) in [6, 6.07) is 0. The molecule has 0 radical (unpaired) electrons. The fourth-order valence-electron chi connectivity index (χ4n) is 1.42. The monoisotopic (exact) mass is 232 g/mol. The maximum absolute atomic E-state index is 11.2. The van der Waals surface area contributed by atoms with Crippen LogP contribution in [0.4, 0.5) is 0 Å². The third-order valence-corrected chi connectivity index (χ3v) is 3.68. The van der Waals surface area contributed by atoms with E-state index in [1.807, 2.05) is 11.8 Å². The van der Waals surface area contributed by atoms with E-state index in [0.717, 1.165) is 6.54 Å². The lowest BCUT2D eigenvalue weighted by atomic mass is 10.2. The number of nitrogens with one attached hydrogen (secondary N) is 1. The van der Waals surface area contributed by atoms with E-state index in [1.54, 1.807) is 0 Å². The second-order valence-electron chi connectivity index (χ2n) is 3.44. The molecule has 0 aromatic rings. The quantitative estimate of drug-likeness (QED) is 0.712. The molecule has 1 aliphatic rings. The molecule has 1 saturated heterocycles. The molecule has 1 rings (SSSR count). The lowest BCUT2D eigenvalue weighted by molar-refractivity contribution is -0.119. The molecule has 0 saturated carbocycles. The Morgan fingerprint density at radius 1 is 1.57 bits per heavy atom. The van der Waals surface area contributed by atoms with Crippen LogP contribution in [0.2, 0.25) is 0 Å². The van der Waals surface area contributed by atoms with Crippen LogP contribution < -0.4 is 11.1 Å². The second kappa shape index (κ2) is 6.24. The number of thioether (sulfide) groups is 1. The molecule has 1 amide bonds. The third kappa shape index (κ3) is 4.81. The van der Waals surface area contributed by atoms with Crippen LogP contribution in [0.1, 0.15) is 25.7 Å². The maximum atomic E-state index is 11.2. The molecule has 0 spiro atoms. The van der Waals surface area contributed by atoms with E-state index in [4.69, 9.17) is 5.73 Å². The van der Waals surface area contributed by atoms with Gasteiger partial charge in [0.25, 0.3) is 0 Å². The van der Waals surface area contributed by atoms with Crippen molar-refractivity contribution in [1.29, 1.82) is 0 Å². The molecular weight excluding hydrogens is 216 g/mol. The van der Waals surface area contributed by atoms with E-state index in [9.17, 15) is 4.79 Å². The number of thiocarbonyl (C=S) groups is 1. The maximum Gasteiger partial charge on any atom is 0.226 e. The zero-order valence-corrected chi connectivity index (χ0v) is 9.76. The molecule has 80 valence electrons. The first-order valence-electron chi connectivity index (χ1n) is 4.85. The number of amides is 1. The predicted molar refractivity (Wildman–Crippen MR) is 64.5 cm³/mol. The van der Waals surface area contributed by atoms with Gasteiger partial charge in [0.15, 0.2) is 0 Å². The van der Waals surface area contributed by atoms with Crippen LogP contribution in [0.5, 0.6) is 0 Å². The summed E-state index contributed by atoms with van der Waals surface area (Å²) >= 11 is 6.60. The van der Waals surface area contributed by atoms with Crippen LogP contribution in [0, 0.1) is 0 Å². The fraction of sp³-hybridized carbons (Fsp3) is 0.778. The van der Waals surface area contributed by atoms with Crippen LogP contribution in [-0.4, -0.2) is 28.4 Å². The average molecular weight is 232 g/mol. The summed E-state index contributed by atoms with van der Waals surface area (Å²) in [4.78, 5) is 11.5. The van der Waals surface area contributed by atoms with Crippen molar-refractivity contribution in [2.45, 2.75) is 30.9 Å². The molecule has 1 aliphatic heterocycles. The highest BCUT2D eigenvalue weighted by atomic mass is 32.2. The number of carbonyl (C=O) groups excluding carboxylic acids is 1. The molecule has 1 heterocycles. The van der Waals surface area contributed by atoms with Crippen LogP contribution in [0.3, 0.4) is 0 Å². The molecule has 14 heavy (non-hydrogen) atoms. The van der Waals surface area contributed by atoms with E-state index < -0.39 is 0 Å². The zero-order valence-electron chi connectivity index (χ0n) is 8.12. The molecule has 5 heteroatoms. The topological polar surface area (TPSA) is 55.1 Å². The van der Waals surface area contributed by atoms with E-state index in [2.05, 4.69) is 17.5 Å². The standard InChI is InChI=1S/C9H16N2OS2/c10-8(13)5-9(12)11-6-7-3-1-2-4-14-7/h7H,1-6H2,(H2,10,13)(H,11,12). The minimum absolute atomic E-state index is 0.0522. The SMILES string of the molecule is NC(=S)CC(=O)NCC1CCCCS1. The highest BCUT2D eigenvalue weighted by molar-refractivity contribution is 7.99. The van der Waals surface area contributed by atoms with Gasteiger partial charge in [-0.2, -0.15) is 11.8 Å². The van der Waals surface area contributed by atoms with Crippen LogP contribution in [0.15, 0.2) is 0 Å². The predicted octanol–water partition coefficient (Wildman–Crippen LogP) is 1.06. The number of nitrogens with two attached hydrogens (primary N) is 1. The van der Waals surface area contributed by atoms with Gasteiger partial charge in [0.05, 0.1) is 11.4 Å². The highest BCUT2D eigenvalue weighted by Crippen LogP contribution is 2.24. The molecule has 1 atom stereocenters. The van der Waals surface area contributed by atoms with Crippen molar-refractivity contribution in [3.8, 4) is 0 Å². The van der Waals surface area contributed by atoms with Crippen LogP contribution in [0.25, 0.3) is 0 Å². The average Bonchev–Trinajstić information content (AvgIpc) is 2.15. The van der Waals surface area contributed by atoms with Gasteiger partial charge in [-0.25, -0.2) is 0 Å².